The molecular formula is C17H24N8. The maximum Gasteiger partial charge on any atom is 0.206 e. The number of nitrogens with zero attached hydrogens (tertiary/aromatic N) is 6. The van der Waals surface area contributed by atoms with Crippen molar-refractivity contribution in [3.8, 4) is 11.5 Å². The van der Waals surface area contributed by atoms with Gasteiger partial charge in [0.25, 0.3) is 0 Å². The van der Waals surface area contributed by atoms with Gasteiger partial charge in [0.05, 0.1) is 11.7 Å². The Hall–Kier alpha value is -2.48. The minimum atomic E-state index is 0.256. The van der Waals surface area contributed by atoms with Gasteiger partial charge in [-0.15, -0.1) is 0 Å². The summed E-state index contributed by atoms with van der Waals surface area (Å²) < 4.78 is 2.35. The molecule has 3 aromatic heterocycles. The molecule has 0 unspecified atom stereocenters. The Morgan fingerprint density at radius 2 is 2.24 bits per heavy atom. The van der Waals surface area contributed by atoms with Gasteiger partial charge in [-0.3, -0.25) is 10.1 Å². The molecule has 25 heavy (non-hydrogen) atoms. The fourth-order valence-corrected chi connectivity index (χ4v) is 3.65. The number of H-pyrrole nitrogens is 1. The first kappa shape index (κ1) is 16.0. The lowest BCUT2D eigenvalue weighted by atomic mass is 9.91. The summed E-state index contributed by atoms with van der Waals surface area (Å²) in [5.41, 5.74) is 9.01. The minimum absolute atomic E-state index is 0.256. The van der Waals surface area contributed by atoms with Gasteiger partial charge in [0.1, 0.15) is 17.5 Å². The van der Waals surface area contributed by atoms with Crippen molar-refractivity contribution < 1.29 is 0 Å². The second-order valence-electron chi connectivity index (χ2n) is 6.77. The molecule has 2 atom stereocenters. The zero-order valence-electron chi connectivity index (χ0n) is 14.7. The Kier molecular flexibility index (Phi) is 4.12. The summed E-state index contributed by atoms with van der Waals surface area (Å²) in [6.45, 7) is 3.03. The van der Waals surface area contributed by atoms with E-state index in [4.69, 9.17) is 10.7 Å². The molecule has 0 aromatic carbocycles. The quantitative estimate of drug-likeness (QED) is 0.754. The number of hydrogen-bond donors (Lipinski definition) is 2. The number of pyridine rings is 1. The number of imidazole rings is 1. The van der Waals surface area contributed by atoms with Crippen molar-refractivity contribution >= 4 is 17.0 Å². The van der Waals surface area contributed by atoms with E-state index in [0.29, 0.717) is 11.9 Å². The first-order chi connectivity index (χ1) is 12.2. The summed E-state index contributed by atoms with van der Waals surface area (Å²) in [6, 6.07) is 2.67. The van der Waals surface area contributed by atoms with Crippen LogP contribution in [0.5, 0.6) is 0 Å². The average Bonchev–Trinajstić information content (AvgIpc) is 3.28. The molecular weight excluding hydrogens is 316 g/mol. The van der Waals surface area contributed by atoms with Crippen LogP contribution >= 0.6 is 0 Å². The van der Waals surface area contributed by atoms with Crippen molar-refractivity contribution in [2.24, 2.45) is 5.73 Å². The van der Waals surface area contributed by atoms with Crippen LogP contribution in [0, 0.1) is 0 Å². The molecule has 0 spiro atoms. The van der Waals surface area contributed by atoms with Gasteiger partial charge < -0.3 is 15.2 Å². The summed E-state index contributed by atoms with van der Waals surface area (Å²) in [6.07, 6.45) is 7.68. The van der Waals surface area contributed by atoms with E-state index in [1.54, 1.807) is 0 Å². The molecule has 8 heteroatoms. The third-order valence-corrected chi connectivity index (χ3v) is 5.08. The number of aromatic amines is 1. The topological polar surface area (TPSA) is 102 Å². The smallest absolute Gasteiger partial charge is 0.206 e. The summed E-state index contributed by atoms with van der Waals surface area (Å²) in [5, 5.41) is 6.81. The van der Waals surface area contributed by atoms with Crippen LogP contribution in [-0.4, -0.2) is 49.4 Å². The molecule has 1 aliphatic carbocycles. The molecule has 1 fully saturated rings. The molecule has 0 radical (unpaired) electrons. The highest BCUT2D eigenvalue weighted by Crippen LogP contribution is 2.35. The Balaban J connectivity index is 1.87. The van der Waals surface area contributed by atoms with E-state index >= 15 is 0 Å². The number of nitrogens with one attached hydrogen (secondary N) is 1. The lowest BCUT2D eigenvalue weighted by Crippen LogP contribution is -2.31. The Bertz CT molecular complexity index is 853. The molecule has 3 aromatic rings. The first-order valence-corrected chi connectivity index (χ1v) is 8.87. The second-order valence-corrected chi connectivity index (χ2v) is 6.77. The van der Waals surface area contributed by atoms with Gasteiger partial charge in [-0.25, -0.2) is 9.97 Å². The standard InChI is InChI=1S/C17H24N8/c1-3-24(2)17-22-14-9-19-13(16-20-10-21-23-16)8-15(14)25(17)12-6-4-5-11(18)7-12/h8-12H,3-7,18H2,1-2H3,(H,20,21,23)/t11-,12+/m0/s1. The monoisotopic (exact) mass is 340 g/mol. The van der Waals surface area contributed by atoms with Crippen molar-refractivity contribution in [1.29, 1.82) is 0 Å². The summed E-state index contributed by atoms with van der Waals surface area (Å²) in [5.74, 6) is 1.65. The number of nitrogens with two attached hydrogens (primary N) is 1. The normalized spacial score (nSPS) is 20.9. The zero-order chi connectivity index (χ0) is 17.4. The Morgan fingerprint density at radius 3 is 2.96 bits per heavy atom. The molecule has 1 aliphatic rings. The lowest BCUT2D eigenvalue weighted by Gasteiger charge is -2.31. The molecule has 3 heterocycles. The predicted octanol–water partition coefficient (Wildman–Crippen LogP) is 2.11. The summed E-state index contributed by atoms with van der Waals surface area (Å²) in [7, 11) is 2.07. The lowest BCUT2D eigenvalue weighted by molar-refractivity contribution is 0.326. The highest BCUT2D eigenvalue weighted by molar-refractivity contribution is 5.81. The maximum absolute atomic E-state index is 6.26. The fraction of sp³-hybridized carbons (Fsp3) is 0.529. The van der Waals surface area contributed by atoms with Gasteiger partial charge in [-0.2, -0.15) is 5.10 Å². The number of rotatable bonds is 4. The van der Waals surface area contributed by atoms with Crippen LogP contribution in [0.25, 0.3) is 22.6 Å². The molecule has 1 saturated carbocycles. The van der Waals surface area contributed by atoms with E-state index in [9.17, 15) is 0 Å². The maximum atomic E-state index is 6.26. The molecule has 0 bridgehead atoms. The van der Waals surface area contributed by atoms with Crippen molar-refractivity contribution in [2.45, 2.75) is 44.7 Å². The van der Waals surface area contributed by atoms with Crippen LogP contribution in [0.15, 0.2) is 18.6 Å². The molecule has 0 amide bonds. The summed E-state index contributed by atoms with van der Waals surface area (Å²) >= 11 is 0. The zero-order valence-corrected chi connectivity index (χ0v) is 14.7. The van der Waals surface area contributed by atoms with Gasteiger partial charge in [-0.05, 0) is 38.7 Å². The Labute approximate surface area is 146 Å². The number of fused-ring (bicyclic) bond motifs is 1. The van der Waals surface area contributed by atoms with Crippen LogP contribution < -0.4 is 10.6 Å². The molecule has 0 saturated heterocycles. The largest absolute Gasteiger partial charge is 0.346 e. The van der Waals surface area contributed by atoms with Crippen LogP contribution in [-0.2, 0) is 0 Å². The van der Waals surface area contributed by atoms with E-state index < -0.39 is 0 Å². The van der Waals surface area contributed by atoms with Crippen LogP contribution in [0.4, 0.5) is 5.95 Å². The van der Waals surface area contributed by atoms with E-state index in [0.717, 1.165) is 54.9 Å². The number of anilines is 1. The summed E-state index contributed by atoms with van der Waals surface area (Å²) in [4.78, 5) is 15.7. The Morgan fingerprint density at radius 1 is 1.36 bits per heavy atom. The highest BCUT2D eigenvalue weighted by atomic mass is 15.3. The van der Waals surface area contributed by atoms with Gasteiger partial charge in [-0.1, -0.05) is 0 Å². The van der Waals surface area contributed by atoms with Gasteiger partial charge >= 0.3 is 0 Å². The van der Waals surface area contributed by atoms with E-state index in [1.165, 1.54) is 6.33 Å². The van der Waals surface area contributed by atoms with Gasteiger partial charge in [0, 0.05) is 25.7 Å². The second kappa shape index (κ2) is 6.44. The molecule has 8 nitrogen and oxygen atoms in total. The van der Waals surface area contributed by atoms with Crippen molar-refractivity contribution in [1.82, 2.24) is 29.7 Å². The third kappa shape index (κ3) is 2.86. The molecule has 132 valence electrons. The van der Waals surface area contributed by atoms with E-state index in [-0.39, 0.29) is 6.04 Å². The van der Waals surface area contributed by atoms with E-state index in [1.807, 2.05) is 6.20 Å². The van der Waals surface area contributed by atoms with Crippen LogP contribution in [0.1, 0.15) is 38.6 Å². The van der Waals surface area contributed by atoms with Crippen molar-refractivity contribution in [3.63, 3.8) is 0 Å². The predicted molar refractivity (Wildman–Crippen MR) is 97.3 cm³/mol. The highest BCUT2D eigenvalue weighted by Gasteiger charge is 2.26. The third-order valence-electron chi connectivity index (χ3n) is 5.08. The van der Waals surface area contributed by atoms with Crippen LogP contribution in [0.3, 0.4) is 0 Å². The fourth-order valence-electron chi connectivity index (χ4n) is 3.65. The van der Waals surface area contributed by atoms with Crippen molar-refractivity contribution in [2.75, 3.05) is 18.5 Å². The minimum Gasteiger partial charge on any atom is -0.346 e. The van der Waals surface area contributed by atoms with Gasteiger partial charge in [0.2, 0.25) is 5.95 Å². The SMILES string of the molecule is CCN(C)c1nc2cnc(-c3ncn[nH]3)cc2n1[C@@H]1CCC[C@H](N)C1. The van der Waals surface area contributed by atoms with Gasteiger partial charge in [0.15, 0.2) is 5.82 Å². The number of aromatic nitrogens is 6. The first-order valence-electron chi connectivity index (χ1n) is 8.87. The molecule has 0 aliphatic heterocycles. The molecule has 4 rings (SSSR count). The van der Waals surface area contributed by atoms with Crippen LogP contribution in [0.2, 0.25) is 0 Å². The van der Waals surface area contributed by atoms with E-state index in [2.05, 4.69) is 49.7 Å². The molecule has 3 N–H and O–H groups in total. The van der Waals surface area contributed by atoms with Crippen molar-refractivity contribution in [3.05, 3.63) is 18.6 Å². The average molecular weight is 340 g/mol. The number of hydrogen-bond acceptors (Lipinski definition) is 6.